The third kappa shape index (κ3) is 4.45. The second kappa shape index (κ2) is 8.59. The van der Waals surface area contributed by atoms with Gasteiger partial charge in [0, 0.05) is 18.4 Å². The van der Waals surface area contributed by atoms with Crippen LogP contribution in [0.15, 0.2) is 60.8 Å². The fourth-order valence-electron chi connectivity index (χ4n) is 3.30. The molecule has 7 heteroatoms. The zero-order valence-electron chi connectivity index (χ0n) is 15.8. The summed E-state index contributed by atoms with van der Waals surface area (Å²) in [7, 11) is 0. The van der Waals surface area contributed by atoms with E-state index >= 15 is 0 Å². The van der Waals surface area contributed by atoms with E-state index in [1.807, 2.05) is 16.9 Å². The lowest BCUT2D eigenvalue weighted by Crippen LogP contribution is -2.32. The average molecular weight is 387 g/mol. The van der Waals surface area contributed by atoms with Gasteiger partial charge in [-0.15, -0.1) is 0 Å². The van der Waals surface area contributed by atoms with Crippen LogP contribution in [-0.4, -0.2) is 28.8 Å². The first-order valence-electron chi connectivity index (χ1n) is 9.57. The maximum atomic E-state index is 12.5. The van der Waals surface area contributed by atoms with Crippen LogP contribution in [0.1, 0.15) is 34.9 Å². The molecule has 29 heavy (non-hydrogen) atoms. The number of benzene rings is 2. The van der Waals surface area contributed by atoms with Crippen LogP contribution in [-0.2, 0) is 0 Å². The van der Waals surface area contributed by atoms with Gasteiger partial charge in [-0.25, -0.2) is 0 Å². The summed E-state index contributed by atoms with van der Waals surface area (Å²) < 4.78 is 7.62. The van der Waals surface area contributed by atoms with Crippen molar-refractivity contribution in [3.05, 3.63) is 72.1 Å². The molecular formula is C22H21N5O2. The van der Waals surface area contributed by atoms with Crippen molar-refractivity contribution in [2.45, 2.75) is 18.9 Å². The molecule has 1 atom stereocenters. The minimum absolute atomic E-state index is 0.254. The molecule has 0 aliphatic carbocycles. The van der Waals surface area contributed by atoms with E-state index in [4.69, 9.17) is 10.00 Å². The number of aromatic nitrogens is 2. The van der Waals surface area contributed by atoms with E-state index in [1.165, 1.54) is 0 Å². The van der Waals surface area contributed by atoms with Crippen molar-refractivity contribution in [3.8, 4) is 17.6 Å². The molecule has 2 N–H and O–H groups in total. The highest BCUT2D eigenvalue weighted by Gasteiger charge is 2.17. The Morgan fingerprint density at radius 2 is 2.03 bits per heavy atom. The second-order valence-electron chi connectivity index (χ2n) is 6.87. The lowest BCUT2D eigenvalue weighted by atomic mass is 10.1. The number of amides is 1. The Kier molecular flexibility index (Phi) is 5.54. The number of para-hydroxylation sites is 1. The highest BCUT2D eigenvalue weighted by molar-refractivity contribution is 6.02. The molecule has 1 aliphatic heterocycles. The fourth-order valence-corrected chi connectivity index (χ4v) is 3.30. The Morgan fingerprint density at radius 3 is 2.79 bits per heavy atom. The van der Waals surface area contributed by atoms with Gasteiger partial charge >= 0.3 is 0 Å². The van der Waals surface area contributed by atoms with E-state index in [0.717, 1.165) is 25.9 Å². The molecule has 1 aromatic heterocycles. The van der Waals surface area contributed by atoms with Crippen molar-refractivity contribution in [2.24, 2.45) is 0 Å². The summed E-state index contributed by atoms with van der Waals surface area (Å²) in [6.45, 7) is 1.91. The normalized spacial score (nSPS) is 16.0. The van der Waals surface area contributed by atoms with Gasteiger partial charge in [-0.1, -0.05) is 12.1 Å². The van der Waals surface area contributed by atoms with Gasteiger partial charge < -0.3 is 15.4 Å². The molecule has 1 aliphatic rings. The number of carbonyl (C=O) groups excluding carboxylic acids is 1. The Morgan fingerprint density at radius 1 is 1.21 bits per heavy atom. The maximum Gasteiger partial charge on any atom is 0.276 e. The number of piperidine rings is 1. The Hall–Kier alpha value is -3.63. The topological polar surface area (TPSA) is 92.0 Å². The first kappa shape index (κ1) is 18.7. The monoisotopic (exact) mass is 387 g/mol. The molecule has 1 unspecified atom stereocenters. The molecule has 0 spiro atoms. The summed E-state index contributed by atoms with van der Waals surface area (Å²) in [6, 6.07) is 18.2. The largest absolute Gasteiger partial charge is 0.456 e. The Balaban J connectivity index is 1.39. The molecule has 2 aromatic carbocycles. The standard InChI is InChI=1S/C22H21N5O2/c23-14-16-4-1-2-6-21(16)29-19-9-7-17(8-10-19)25-22(28)20-11-13-27(26-20)18-5-3-12-24-15-18/h1-2,4,6-11,13,18,24H,3,5,12,15H2,(H,25,28). The van der Waals surface area contributed by atoms with E-state index in [9.17, 15) is 4.79 Å². The third-order valence-electron chi connectivity index (χ3n) is 4.83. The van der Waals surface area contributed by atoms with Gasteiger partial charge in [-0.3, -0.25) is 9.48 Å². The zero-order valence-corrected chi connectivity index (χ0v) is 15.8. The minimum atomic E-state index is -0.254. The van der Waals surface area contributed by atoms with Gasteiger partial charge in [0.1, 0.15) is 17.6 Å². The van der Waals surface area contributed by atoms with Crippen LogP contribution in [0, 0.1) is 11.3 Å². The highest BCUT2D eigenvalue weighted by Crippen LogP contribution is 2.26. The summed E-state index contributed by atoms with van der Waals surface area (Å²) in [4.78, 5) is 12.5. The van der Waals surface area contributed by atoms with Crippen molar-refractivity contribution in [1.82, 2.24) is 15.1 Å². The van der Waals surface area contributed by atoms with Crippen molar-refractivity contribution in [1.29, 1.82) is 5.26 Å². The van der Waals surface area contributed by atoms with E-state index in [0.29, 0.717) is 28.4 Å². The van der Waals surface area contributed by atoms with E-state index in [1.54, 1.807) is 48.5 Å². The lowest BCUT2D eigenvalue weighted by molar-refractivity contribution is 0.102. The number of hydrogen-bond acceptors (Lipinski definition) is 5. The second-order valence-corrected chi connectivity index (χ2v) is 6.87. The van der Waals surface area contributed by atoms with Crippen molar-refractivity contribution in [2.75, 3.05) is 18.4 Å². The number of rotatable bonds is 5. The average Bonchev–Trinajstić information content (AvgIpc) is 3.27. The van der Waals surface area contributed by atoms with Crippen LogP contribution >= 0.6 is 0 Å². The molecule has 2 heterocycles. The summed E-state index contributed by atoms with van der Waals surface area (Å²) in [5.41, 5.74) is 1.50. The molecule has 3 aromatic rings. The summed E-state index contributed by atoms with van der Waals surface area (Å²) in [5, 5.41) is 19.8. The minimum Gasteiger partial charge on any atom is -0.456 e. The third-order valence-corrected chi connectivity index (χ3v) is 4.83. The van der Waals surface area contributed by atoms with E-state index < -0.39 is 0 Å². The summed E-state index contributed by atoms with van der Waals surface area (Å²) in [5.74, 6) is 0.824. The highest BCUT2D eigenvalue weighted by atomic mass is 16.5. The zero-order chi connectivity index (χ0) is 20.1. The number of nitrogens with one attached hydrogen (secondary N) is 2. The summed E-state index contributed by atoms with van der Waals surface area (Å²) >= 11 is 0. The van der Waals surface area contributed by atoms with Crippen LogP contribution in [0.4, 0.5) is 5.69 Å². The van der Waals surface area contributed by atoms with Crippen molar-refractivity contribution >= 4 is 11.6 Å². The first-order valence-corrected chi connectivity index (χ1v) is 9.57. The van der Waals surface area contributed by atoms with Gasteiger partial charge in [0.2, 0.25) is 0 Å². The van der Waals surface area contributed by atoms with Gasteiger partial charge in [-0.05, 0) is 61.9 Å². The quantitative estimate of drug-likeness (QED) is 0.696. The Labute approximate surface area is 168 Å². The lowest BCUT2D eigenvalue weighted by Gasteiger charge is -2.22. The van der Waals surface area contributed by atoms with Gasteiger partial charge in [0.25, 0.3) is 5.91 Å². The fraction of sp³-hybridized carbons (Fsp3) is 0.227. The predicted molar refractivity (Wildman–Crippen MR) is 109 cm³/mol. The SMILES string of the molecule is N#Cc1ccccc1Oc1ccc(NC(=O)c2ccn(C3CCCNC3)n2)cc1. The number of anilines is 1. The molecular weight excluding hydrogens is 366 g/mol. The molecule has 0 radical (unpaired) electrons. The number of nitriles is 1. The molecule has 1 saturated heterocycles. The summed E-state index contributed by atoms with van der Waals surface area (Å²) in [6.07, 6.45) is 4.03. The van der Waals surface area contributed by atoms with Gasteiger partial charge in [0.05, 0.1) is 11.6 Å². The molecule has 4 rings (SSSR count). The van der Waals surface area contributed by atoms with Gasteiger partial charge in [-0.2, -0.15) is 10.4 Å². The van der Waals surface area contributed by atoms with Crippen LogP contribution < -0.4 is 15.4 Å². The first-order chi connectivity index (χ1) is 14.2. The molecule has 0 bridgehead atoms. The number of carbonyl (C=O) groups is 1. The molecule has 146 valence electrons. The maximum absolute atomic E-state index is 12.5. The molecule has 1 fully saturated rings. The van der Waals surface area contributed by atoms with Crippen LogP contribution in [0.25, 0.3) is 0 Å². The van der Waals surface area contributed by atoms with Crippen LogP contribution in [0.3, 0.4) is 0 Å². The van der Waals surface area contributed by atoms with Gasteiger partial charge in [0.15, 0.2) is 5.69 Å². The van der Waals surface area contributed by atoms with Crippen LogP contribution in [0.2, 0.25) is 0 Å². The van der Waals surface area contributed by atoms with E-state index in [2.05, 4.69) is 21.8 Å². The van der Waals surface area contributed by atoms with E-state index in [-0.39, 0.29) is 11.9 Å². The molecule has 0 saturated carbocycles. The number of ether oxygens (including phenoxy) is 1. The number of nitrogens with zero attached hydrogens (tertiary/aromatic N) is 3. The van der Waals surface area contributed by atoms with Crippen molar-refractivity contribution < 1.29 is 9.53 Å². The van der Waals surface area contributed by atoms with Crippen LogP contribution in [0.5, 0.6) is 11.5 Å². The molecule has 7 nitrogen and oxygen atoms in total. The van der Waals surface area contributed by atoms with Crippen molar-refractivity contribution in [3.63, 3.8) is 0 Å². The smallest absolute Gasteiger partial charge is 0.276 e. The molecule has 1 amide bonds. The Bertz CT molecular complexity index is 1030. The predicted octanol–water partition coefficient (Wildman–Crippen LogP) is 3.72. The number of hydrogen-bond donors (Lipinski definition) is 2.